The van der Waals surface area contributed by atoms with Gasteiger partial charge in [0.05, 0.1) is 9.40 Å². The molecule has 8 nitrogen and oxygen atoms in total. The Labute approximate surface area is 115 Å². The van der Waals surface area contributed by atoms with E-state index in [9.17, 15) is 19.7 Å². The second-order valence-electron chi connectivity index (χ2n) is 3.36. The van der Waals surface area contributed by atoms with E-state index in [1.54, 1.807) is 0 Å². The Morgan fingerprint density at radius 1 is 1.42 bits per heavy atom. The monoisotopic (exact) mass is 332 g/mol. The van der Waals surface area contributed by atoms with Crippen LogP contribution < -0.4 is 5.32 Å². The standard InChI is InChI=1S/C10H9BrN2O6/c11-7-3-6(1-2-8(7)13(17)18)12-9(14)4-19-5-10(15)16/h1-3H,4-5H2,(H,12,14)(H,15,16). The molecule has 1 aromatic carbocycles. The molecule has 1 aromatic rings. The second-order valence-corrected chi connectivity index (χ2v) is 4.21. The minimum absolute atomic E-state index is 0.125. The number of carboxylic acid groups (broad SMARTS) is 1. The lowest BCUT2D eigenvalue weighted by molar-refractivity contribution is -0.385. The van der Waals surface area contributed by atoms with E-state index < -0.39 is 30.0 Å². The van der Waals surface area contributed by atoms with Crippen LogP contribution in [0.15, 0.2) is 22.7 Å². The van der Waals surface area contributed by atoms with Gasteiger partial charge in [-0.2, -0.15) is 0 Å². The minimum atomic E-state index is -1.18. The van der Waals surface area contributed by atoms with Gasteiger partial charge < -0.3 is 15.2 Å². The topological polar surface area (TPSA) is 119 Å². The number of carboxylic acids is 1. The third-order valence-electron chi connectivity index (χ3n) is 1.89. The molecule has 0 aliphatic heterocycles. The lowest BCUT2D eigenvalue weighted by Gasteiger charge is -2.05. The van der Waals surface area contributed by atoms with Crippen LogP contribution in [0.5, 0.6) is 0 Å². The van der Waals surface area contributed by atoms with Crippen LogP contribution in [0.1, 0.15) is 0 Å². The third-order valence-corrected chi connectivity index (χ3v) is 2.52. The maximum absolute atomic E-state index is 11.3. The van der Waals surface area contributed by atoms with Crippen LogP contribution in [0.3, 0.4) is 0 Å². The molecule has 2 N–H and O–H groups in total. The lowest BCUT2D eigenvalue weighted by atomic mass is 10.3. The van der Waals surface area contributed by atoms with Gasteiger partial charge in [-0.25, -0.2) is 4.79 Å². The largest absolute Gasteiger partial charge is 0.480 e. The van der Waals surface area contributed by atoms with Crippen molar-refractivity contribution in [2.45, 2.75) is 0 Å². The van der Waals surface area contributed by atoms with Crippen LogP contribution in [-0.2, 0) is 14.3 Å². The normalized spacial score (nSPS) is 9.95. The Balaban J connectivity index is 2.58. The minimum Gasteiger partial charge on any atom is -0.480 e. The van der Waals surface area contributed by atoms with Gasteiger partial charge in [-0.3, -0.25) is 14.9 Å². The molecule has 0 radical (unpaired) electrons. The van der Waals surface area contributed by atoms with Crippen molar-refractivity contribution in [2.24, 2.45) is 0 Å². The van der Waals surface area contributed by atoms with E-state index in [2.05, 4.69) is 26.0 Å². The van der Waals surface area contributed by atoms with E-state index in [-0.39, 0.29) is 10.2 Å². The van der Waals surface area contributed by atoms with Crippen LogP contribution >= 0.6 is 15.9 Å². The van der Waals surface area contributed by atoms with E-state index in [0.717, 1.165) is 0 Å². The first-order chi connectivity index (χ1) is 8.90. The van der Waals surface area contributed by atoms with Crippen molar-refractivity contribution in [1.82, 2.24) is 0 Å². The molecule has 0 saturated heterocycles. The molecular weight excluding hydrogens is 324 g/mol. The summed E-state index contributed by atoms with van der Waals surface area (Å²) in [4.78, 5) is 31.5. The summed E-state index contributed by atoms with van der Waals surface area (Å²) < 4.78 is 4.81. The number of halogens is 1. The van der Waals surface area contributed by atoms with Crippen LogP contribution in [0.2, 0.25) is 0 Å². The summed E-state index contributed by atoms with van der Waals surface area (Å²) in [7, 11) is 0. The Morgan fingerprint density at radius 2 is 2.11 bits per heavy atom. The second kappa shape index (κ2) is 6.81. The molecule has 19 heavy (non-hydrogen) atoms. The molecule has 0 bridgehead atoms. The molecule has 0 aliphatic carbocycles. The number of nitro groups is 1. The molecule has 1 rings (SSSR count). The maximum atomic E-state index is 11.3. The number of carbonyl (C=O) groups is 2. The SMILES string of the molecule is O=C(O)COCC(=O)Nc1ccc([N+](=O)[O-])c(Br)c1. The molecule has 0 fully saturated rings. The van der Waals surface area contributed by atoms with Crippen molar-refractivity contribution in [3.8, 4) is 0 Å². The number of hydrogen-bond acceptors (Lipinski definition) is 5. The Morgan fingerprint density at radius 3 is 2.63 bits per heavy atom. The zero-order valence-electron chi connectivity index (χ0n) is 9.46. The number of amides is 1. The number of ether oxygens (including phenoxy) is 1. The zero-order valence-corrected chi connectivity index (χ0v) is 11.0. The number of nitro benzene ring substituents is 1. The highest BCUT2D eigenvalue weighted by Crippen LogP contribution is 2.27. The fourth-order valence-electron chi connectivity index (χ4n) is 1.16. The number of nitrogens with zero attached hydrogens (tertiary/aromatic N) is 1. The molecule has 0 aliphatic rings. The molecule has 0 atom stereocenters. The Hall–Kier alpha value is -2.00. The van der Waals surface area contributed by atoms with Crippen molar-refractivity contribution in [2.75, 3.05) is 18.5 Å². The molecule has 102 valence electrons. The number of rotatable bonds is 6. The van der Waals surface area contributed by atoms with E-state index in [4.69, 9.17) is 5.11 Å². The summed E-state index contributed by atoms with van der Waals surface area (Å²) in [6.07, 6.45) is 0. The van der Waals surface area contributed by atoms with Gasteiger partial charge in [0.1, 0.15) is 13.2 Å². The van der Waals surface area contributed by atoms with Gasteiger partial charge in [0.2, 0.25) is 5.91 Å². The first-order valence-electron chi connectivity index (χ1n) is 4.93. The molecule has 0 aromatic heterocycles. The average Bonchev–Trinajstić information content (AvgIpc) is 2.27. The van der Waals surface area contributed by atoms with E-state index in [0.29, 0.717) is 5.69 Å². The zero-order chi connectivity index (χ0) is 14.4. The number of benzene rings is 1. The predicted molar refractivity (Wildman–Crippen MR) is 67.9 cm³/mol. The fourth-order valence-corrected chi connectivity index (χ4v) is 1.68. The van der Waals surface area contributed by atoms with Gasteiger partial charge in [-0.1, -0.05) is 0 Å². The summed E-state index contributed by atoms with van der Waals surface area (Å²) >= 11 is 3.01. The summed E-state index contributed by atoms with van der Waals surface area (Å²) in [6, 6.07) is 3.96. The summed E-state index contributed by atoms with van der Waals surface area (Å²) in [5.74, 6) is -1.73. The number of aliphatic carboxylic acids is 1. The highest BCUT2D eigenvalue weighted by Gasteiger charge is 2.12. The third kappa shape index (κ3) is 5.02. The van der Waals surface area contributed by atoms with Crippen LogP contribution in [0, 0.1) is 10.1 Å². The number of nitrogens with one attached hydrogen (secondary N) is 1. The van der Waals surface area contributed by atoms with Crippen molar-refractivity contribution in [3.05, 3.63) is 32.8 Å². The van der Waals surface area contributed by atoms with Crippen LogP contribution in [0.4, 0.5) is 11.4 Å². The molecule has 0 spiro atoms. The Kier molecular flexibility index (Phi) is 5.39. The van der Waals surface area contributed by atoms with Gasteiger partial charge in [0.15, 0.2) is 0 Å². The Bertz CT molecular complexity index is 519. The lowest BCUT2D eigenvalue weighted by Crippen LogP contribution is -2.20. The highest BCUT2D eigenvalue weighted by atomic mass is 79.9. The maximum Gasteiger partial charge on any atom is 0.329 e. The van der Waals surface area contributed by atoms with Crippen LogP contribution in [-0.4, -0.2) is 35.1 Å². The van der Waals surface area contributed by atoms with E-state index in [1.807, 2.05) is 0 Å². The quantitative estimate of drug-likeness (QED) is 0.600. The summed E-state index contributed by atoms with van der Waals surface area (Å²) in [6.45, 7) is -0.988. The molecule has 0 heterocycles. The smallest absolute Gasteiger partial charge is 0.329 e. The van der Waals surface area contributed by atoms with Crippen LogP contribution in [0.25, 0.3) is 0 Å². The molecule has 0 saturated carbocycles. The highest BCUT2D eigenvalue weighted by molar-refractivity contribution is 9.10. The van der Waals surface area contributed by atoms with Crippen molar-refractivity contribution >= 4 is 39.2 Å². The molecule has 1 amide bonds. The average molecular weight is 333 g/mol. The van der Waals surface area contributed by atoms with Gasteiger partial charge in [0, 0.05) is 11.8 Å². The van der Waals surface area contributed by atoms with Crippen molar-refractivity contribution < 1.29 is 24.4 Å². The van der Waals surface area contributed by atoms with Crippen molar-refractivity contribution in [3.63, 3.8) is 0 Å². The first kappa shape index (κ1) is 15.1. The van der Waals surface area contributed by atoms with Crippen molar-refractivity contribution in [1.29, 1.82) is 0 Å². The number of carbonyl (C=O) groups excluding carboxylic acids is 1. The fraction of sp³-hybridized carbons (Fsp3) is 0.200. The summed E-state index contributed by atoms with van der Waals surface area (Å²) in [5, 5.41) is 21.3. The van der Waals surface area contributed by atoms with Gasteiger partial charge >= 0.3 is 5.97 Å². The van der Waals surface area contributed by atoms with Gasteiger partial charge in [0.25, 0.3) is 5.69 Å². The van der Waals surface area contributed by atoms with E-state index in [1.165, 1.54) is 18.2 Å². The molecule has 0 unspecified atom stereocenters. The molecule has 9 heteroatoms. The molecular formula is C10H9BrN2O6. The predicted octanol–water partition coefficient (Wildman–Crippen LogP) is 1.40. The number of hydrogen-bond donors (Lipinski definition) is 2. The van der Waals surface area contributed by atoms with Gasteiger partial charge in [-0.05, 0) is 28.1 Å². The summed E-state index contributed by atoms with van der Waals surface area (Å²) in [5.41, 5.74) is 0.210. The van der Waals surface area contributed by atoms with Gasteiger partial charge in [-0.15, -0.1) is 0 Å². The number of anilines is 1. The van der Waals surface area contributed by atoms with E-state index >= 15 is 0 Å². The first-order valence-corrected chi connectivity index (χ1v) is 5.73.